The second-order valence-corrected chi connectivity index (χ2v) is 20.1. The van der Waals surface area contributed by atoms with Crippen molar-refractivity contribution in [1.29, 1.82) is 0 Å². The Labute approximate surface area is 405 Å². The van der Waals surface area contributed by atoms with Gasteiger partial charge in [0.25, 0.3) is 0 Å². The van der Waals surface area contributed by atoms with Crippen LogP contribution < -0.4 is 4.90 Å². The summed E-state index contributed by atoms with van der Waals surface area (Å²) in [6, 6.07) is 64.7. The molecule has 0 aliphatic carbocycles. The first-order valence-electron chi connectivity index (χ1n) is 23.4. The van der Waals surface area contributed by atoms with E-state index in [1.54, 1.807) is 0 Å². The van der Waals surface area contributed by atoms with Gasteiger partial charge in [-0.25, -0.2) is 0 Å². The van der Waals surface area contributed by atoms with Crippen molar-refractivity contribution in [2.24, 2.45) is 0 Å². The molecule has 68 heavy (non-hydrogen) atoms. The Hall–Kier alpha value is -7.74. The average Bonchev–Trinajstić information content (AvgIpc) is 3.96. The maximum atomic E-state index is 6.42. The van der Waals surface area contributed by atoms with E-state index in [1.807, 2.05) is 28.7 Å². The molecular formula is C65H47NS2. The zero-order valence-electron chi connectivity index (χ0n) is 38.3. The van der Waals surface area contributed by atoms with E-state index in [1.165, 1.54) is 112 Å². The summed E-state index contributed by atoms with van der Waals surface area (Å²) in [7, 11) is 0. The smallest absolute Gasteiger partial charge is 0.0503 e. The van der Waals surface area contributed by atoms with Gasteiger partial charge in [-0.3, -0.25) is 0 Å². The molecule has 1 atom stereocenters. The third-order valence-corrected chi connectivity index (χ3v) is 16.2. The maximum absolute atomic E-state index is 6.42. The molecule has 0 saturated carbocycles. The van der Waals surface area contributed by atoms with Gasteiger partial charge in [-0.2, -0.15) is 0 Å². The van der Waals surface area contributed by atoms with Crippen molar-refractivity contribution in [3.8, 4) is 34.6 Å². The van der Waals surface area contributed by atoms with Crippen LogP contribution in [-0.2, 0) is 6.42 Å². The highest BCUT2D eigenvalue weighted by molar-refractivity contribution is 7.26. The first-order valence-corrected chi connectivity index (χ1v) is 25.0. The molecule has 324 valence electrons. The molecule has 1 nitrogen and oxygen atoms in total. The molecule has 0 unspecified atom stereocenters. The van der Waals surface area contributed by atoms with E-state index in [0.717, 1.165) is 23.4 Å². The fourth-order valence-electron chi connectivity index (χ4n) is 10.8. The molecule has 1 aliphatic heterocycles. The van der Waals surface area contributed by atoms with Crippen molar-refractivity contribution >= 4 is 101 Å². The van der Waals surface area contributed by atoms with Gasteiger partial charge in [-0.1, -0.05) is 187 Å². The summed E-state index contributed by atoms with van der Waals surface area (Å²) < 4.78 is 5.22. The Morgan fingerprint density at radius 3 is 1.82 bits per heavy atom. The molecule has 1 aliphatic rings. The molecule has 0 fully saturated rings. The minimum Gasteiger partial charge on any atom is -0.334 e. The van der Waals surface area contributed by atoms with Crippen LogP contribution in [-0.4, -0.2) is 6.04 Å². The van der Waals surface area contributed by atoms with E-state index in [0.29, 0.717) is 0 Å². The standard InChI is InChI=1S/C65H47NS2/c1-5-18-48(38-42(3)62-53-25-6-8-27-55(53)63(47-22-14-19-41(2)37-47)56-28-9-7-26-54(56)62)66-43(4)39-45(49-29-16-31-57-51-23-10-12-33-60(51)67-64(49)57)21-15-20-44-35-36-46(40-59(44)66)50-30-17-32-58-52-24-11-13-34-61(52)68-65(50)58/h1,6-19,21-40,43H,20H2,2-4H3/b21-15-,42-38+,45-39+,48-18+/t43-/m0/s1. The number of benzene rings is 9. The third kappa shape index (κ3) is 7.08. The van der Waals surface area contributed by atoms with Gasteiger partial charge in [-0.15, -0.1) is 29.1 Å². The number of fused-ring (bicyclic) bond motifs is 9. The molecule has 3 heteroatoms. The van der Waals surface area contributed by atoms with Crippen molar-refractivity contribution in [2.45, 2.75) is 33.2 Å². The average molecular weight is 906 g/mol. The highest BCUT2D eigenvalue weighted by Gasteiger charge is 2.25. The fourth-order valence-corrected chi connectivity index (χ4v) is 13.3. The van der Waals surface area contributed by atoms with Gasteiger partial charge in [0.2, 0.25) is 0 Å². The normalized spacial score (nSPS) is 15.9. The topological polar surface area (TPSA) is 3.24 Å². The molecule has 0 spiro atoms. The summed E-state index contributed by atoms with van der Waals surface area (Å²) in [5, 5.41) is 10.1. The summed E-state index contributed by atoms with van der Waals surface area (Å²) in [6.45, 7) is 6.76. The molecule has 0 amide bonds. The number of hydrogen-bond acceptors (Lipinski definition) is 3. The van der Waals surface area contributed by atoms with Gasteiger partial charge in [0.15, 0.2) is 0 Å². The van der Waals surface area contributed by atoms with Crippen LogP contribution in [0.2, 0.25) is 0 Å². The van der Waals surface area contributed by atoms with Gasteiger partial charge in [-0.05, 0) is 123 Å². The quantitative estimate of drug-likeness (QED) is 0.0913. The van der Waals surface area contributed by atoms with Crippen molar-refractivity contribution in [1.82, 2.24) is 0 Å². The van der Waals surface area contributed by atoms with E-state index in [-0.39, 0.29) is 6.04 Å². The van der Waals surface area contributed by atoms with Crippen molar-refractivity contribution < 1.29 is 0 Å². The summed E-state index contributed by atoms with van der Waals surface area (Å²) in [4.78, 5) is 2.50. The zero-order chi connectivity index (χ0) is 45.9. The van der Waals surface area contributed by atoms with Gasteiger partial charge in [0, 0.05) is 52.1 Å². The Morgan fingerprint density at radius 1 is 0.603 bits per heavy atom. The van der Waals surface area contributed by atoms with Crippen molar-refractivity contribution in [3.05, 3.63) is 234 Å². The van der Waals surface area contributed by atoms with Crippen LogP contribution in [0.15, 0.2) is 212 Å². The predicted octanol–water partition coefficient (Wildman–Crippen LogP) is 18.4. The maximum Gasteiger partial charge on any atom is 0.0503 e. The molecule has 0 saturated heterocycles. The van der Waals surface area contributed by atoms with Crippen LogP contribution in [0.25, 0.3) is 95.3 Å². The zero-order valence-corrected chi connectivity index (χ0v) is 39.9. The molecule has 9 aromatic carbocycles. The number of nitrogens with zero attached hydrogens (tertiary/aromatic N) is 1. The van der Waals surface area contributed by atoms with Crippen LogP contribution in [0.3, 0.4) is 0 Å². The molecule has 0 bridgehead atoms. The second kappa shape index (κ2) is 17.2. The van der Waals surface area contributed by atoms with Crippen molar-refractivity contribution in [3.63, 3.8) is 0 Å². The lowest BCUT2D eigenvalue weighted by molar-refractivity contribution is 0.832. The molecule has 3 heterocycles. The third-order valence-electron chi connectivity index (χ3n) is 13.7. The van der Waals surface area contributed by atoms with E-state index >= 15 is 0 Å². The van der Waals surface area contributed by atoms with Crippen LogP contribution in [0, 0.1) is 19.3 Å². The summed E-state index contributed by atoms with van der Waals surface area (Å²) in [5.74, 6) is 3.02. The van der Waals surface area contributed by atoms with E-state index in [9.17, 15) is 0 Å². The number of allylic oxidation sites excluding steroid dienone is 6. The number of aryl methyl sites for hydroxylation is 1. The monoisotopic (exact) mass is 905 g/mol. The van der Waals surface area contributed by atoms with E-state index in [4.69, 9.17) is 6.42 Å². The Morgan fingerprint density at radius 2 is 1.18 bits per heavy atom. The van der Waals surface area contributed by atoms with Gasteiger partial charge in [0.05, 0.1) is 11.7 Å². The van der Waals surface area contributed by atoms with E-state index < -0.39 is 0 Å². The van der Waals surface area contributed by atoms with Gasteiger partial charge in [0.1, 0.15) is 0 Å². The molecule has 12 rings (SSSR count). The fraction of sp³-hybridized carbons (Fsp3) is 0.0769. The lowest BCUT2D eigenvalue weighted by atomic mass is 9.85. The van der Waals surface area contributed by atoms with E-state index in [2.05, 4.69) is 232 Å². The van der Waals surface area contributed by atoms with Crippen molar-refractivity contribution in [2.75, 3.05) is 4.90 Å². The lowest BCUT2D eigenvalue weighted by Crippen LogP contribution is -2.31. The molecule has 0 N–H and O–H groups in total. The highest BCUT2D eigenvalue weighted by Crippen LogP contribution is 2.46. The number of terminal acetylenes is 1. The van der Waals surface area contributed by atoms with Gasteiger partial charge < -0.3 is 4.90 Å². The summed E-state index contributed by atoms with van der Waals surface area (Å²) in [5.41, 5.74) is 14.3. The van der Waals surface area contributed by atoms with Crippen LogP contribution in [0.1, 0.15) is 36.1 Å². The first-order chi connectivity index (χ1) is 33.4. The highest BCUT2D eigenvalue weighted by atomic mass is 32.1. The summed E-state index contributed by atoms with van der Waals surface area (Å²) in [6.07, 6.45) is 18.6. The minimum atomic E-state index is -0.104. The Kier molecular flexibility index (Phi) is 10.5. The Bertz CT molecular complexity index is 3950. The van der Waals surface area contributed by atoms with Crippen LogP contribution >= 0.6 is 22.7 Å². The molecule has 11 aromatic rings. The second-order valence-electron chi connectivity index (χ2n) is 18.0. The SMILES string of the molecule is C#C/C=C(\C=C(/C)c1c2ccccc2c(-c2cccc(C)c2)c2ccccc12)N1c2cc(-c3cccc4c3sc3ccccc34)ccc2C/C=C\C(c2cccc3c2sc2ccccc23)=C/[C@@H]1C. The molecule has 2 aromatic heterocycles. The van der Waals surface area contributed by atoms with Crippen LogP contribution in [0.4, 0.5) is 5.69 Å². The number of thiophene rings is 2. The van der Waals surface area contributed by atoms with Gasteiger partial charge >= 0.3 is 0 Å². The number of hydrogen-bond donors (Lipinski definition) is 0. The summed E-state index contributed by atoms with van der Waals surface area (Å²) >= 11 is 3.75. The molecule has 0 radical (unpaired) electrons. The Balaban J connectivity index is 1.08. The molecular weight excluding hydrogens is 859 g/mol. The number of rotatable bonds is 6. The largest absolute Gasteiger partial charge is 0.334 e. The predicted molar refractivity (Wildman–Crippen MR) is 299 cm³/mol. The lowest BCUT2D eigenvalue weighted by Gasteiger charge is -2.33. The first kappa shape index (κ1) is 41.7. The number of anilines is 1. The minimum absolute atomic E-state index is 0.104. The van der Waals surface area contributed by atoms with Crippen LogP contribution in [0.5, 0.6) is 0 Å².